The minimum Gasteiger partial charge on any atom is -0.455 e. The maximum atomic E-state index is 6.93. The molecule has 10 rings (SSSR count). The van der Waals surface area contributed by atoms with Crippen molar-refractivity contribution >= 4 is 33.1 Å². The van der Waals surface area contributed by atoms with E-state index in [9.17, 15) is 0 Å². The first-order valence-electron chi connectivity index (χ1n) is 20.2. The molecule has 3 aromatic heterocycles. The van der Waals surface area contributed by atoms with Crippen molar-refractivity contribution in [3.8, 4) is 61.7 Å². The van der Waals surface area contributed by atoms with Crippen molar-refractivity contribution in [2.45, 2.75) is 39.5 Å². The van der Waals surface area contributed by atoms with Gasteiger partial charge in [-0.2, -0.15) is 0 Å². The molecule has 10 aromatic rings. The van der Waals surface area contributed by atoms with Gasteiger partial charge in [-0.15, -0.1) is 0 Å². The Labute approximate surface area is 339 Å². The molecule has 0 bridgehead atoms. The SMILES string of the molecule is CC(C)c1cc(-c2ccccc2)cc(C(C)C)c1-n1c(-c2cccc3c2oc2cc(-c4ccc(-c5ccccc5)cc4)ccc23)nc2nc(-c3ccccc3)ccc21. The normalized spacial score (nSPS) is 11.8. The maximum Gasteiger partial charge on any atom is 0.179 e. The first kappa shape index (κ1) is 35.4. The molecule has 0 saturated carbocycles. The van der Waals surface area contributed by atoms with Crippen molar-refractivity contribution in [3.05, 3.63) is 187 Å². The van der Waals surface area contributed by atoms with Gasteiger partial charge in [0.1, 0.15) is 11.2 Å². The molecule has 4 heteroatoms. The van der Waals surface area contributed by atoms with E-state index in [1.54, 1.807) is 0 Å². The van der Waals surface area contributed by atoms with E-state index in [0.29, 0.717) is 5.65 Å². The Morgan fingerprint density at radius 2 is 1.00 bits per heavy atom. The first-order valence-corrected chi connectivity index (χ1v) is 20.2. The van der Waals surface area contributed by atoms with Crippen molar-refractivity contribution in [3.63, 3.8) is 0 Å². The van der Waals surface area contributed by atoms with E-state index in [1.165, 1.54) is 33.4 Å². The largest absolute Gasteiger partial charge is 0.455 e. The Morgan fingerprint density at radius 1 is 0.448 bits per heavy atom. The van der Waals surface area contributed by atoms with Crippen LogP contribution in [0.15, 0.2) is 180 Å². The third kappa shape index (κ3) is 6.18. The highest BCUT2D eigenvalue weighted by molar-refractivity contribution is 6.10. The fourth-order valence-electron chi connectivity index (χ4n) is 8.39. The van der Waals surface area contributed by atoms with E-state index >= 15 is 0 Å². The molecule has 0 aliphatic heterocycles. The number of para-hydroxylation sites is 1. The number of rotatable bonds is 8. The molecular weight excluding hydrogens is 707 g/mol. The monoisotopic (exact) mass is 749 g/mol. The lowest BCUT2D eigenvalue weighted by Crippen LogP contribution is -2.09. The highest BCUT2D eigenvalue weighted by Gasteiger charge is 2.26. The summed E-state index contributed by atoms with van der Waals surface area (Å²) in [6, 6.07) is 62.4. The Morgan fingerprint density at radius 3 is 1.62 bits per heavy atom. The average Bonchev–Trinajstić information content (AvgIpc) is 3.84. The standard InChI is InChI=1S/C54H43N3O/c1-34(2)46-31-42(37-17-10-6-11-18-37)32-47(35(3)4)51(46)57-49-30-29-48(40-19-12-7-13-20-40)55-53(49)56-54(57)45-22-14-21-44-43-28-27-41(33-50(43)58-52(44)45)39-25-23-38(24-26-39)36-15-8-5-9-16-36/h5-35H,1-4H3. The van der Waals surface area contributed by atoms with E-state index < -0.39 is 0 Å². The quantitative estimate of drug-likeness (QED) is 0.155. The second kappa shape index (κ2) is 14.5. The summed E-state index contributed by atoms with van der Waals surface area (Å²) < 4.78 is 9.29. The van der Waals surface area contributed by atoms with E-state index in [-0.39, 0.29) is 11.8 Å². The molecule has 0 unspecified atom stereocenters. The summed E-state index contributed by atoms with van der Waals surface area (Å²) in [7, 11) is 0. The topological polar surface area (TPSA) is 43.9 Å². The van der Waals surface area contributed by atoms with Crippen LogP contribution in [-0.4, -0.2) is 14.5 Å². The number of aromatic nitrogens is 3. The summed E-state index contributed by atoms with van der Waals surface area (Å²) in [5.41, 5.74) is 17.0. The van der Waals surface area contributed by atoms with Crippen LogP contribution in [0.25, 0.3) is 94.8 Å². The zero-order valence-corrected chi connectivity index (χ0v) is 33.1. The number of imidazole rings is 1. The van der Waals surface area contributed by atoms with Crippen molar-refractivity contribution in [2.24, 2.45) is 0 Å². The van der Waals surface area contributed by atoms with Gasteiger partial charge in [0.05, 0.1) is 22.5 Å². The van der Waals surface area contributed by atoms with Gasteiger partial charge >= 0.3 is 0 Å². The number of furan rings is 1. The van der Waals surface area contributed by atoms with Gasteiger partial charge in [-0.05, 0) is 98.8 Å². The van der Waals surface area contributed by atoms with Crippen LogP contribution in [0.5, 0.6) is 0 Å². The summed E-state index contributed by atoms with van der Waals surface area (Å²) in [5.74, 6) is 1.28. The zero-order chi connectivity index (χ0) is 39.3. The molecule has 0 radical (unpaired) electrons. The fraction of sp³-hybridized carbons (Fsp3) is 0.111. The molecule has 7 aromatic carbocycles. The number of nitrogens with zero attached hydrogens (tertiary/aromatic N) is 3. The van der Waals surface area contributed by atoms with Gasteiger partial charge in [-0.3, -0.25) is 4.57 Å². The second-order valence-electron chi connectivity index (χ2n) is 15.8. The predicted molar refractivity (Wildman–Crippen MR) is 242 cm³/mol. The molecule has 0 amide bonds. The van der Waals surface area contributed by atoms with Gasteiger partial charge in [0.25, 0.3) is 0 Å². The molecule has 0 fully saturated rings. The average molecular weight is 750 g/mol. The second-order valence-corrected chi connectivity index (χ2v) is 15.8. The molecule has 0 spiro atoms. The third-order valence-electron chi connectivity index (χ3n) is 11.4. The number of hydrogen-bond acceptors (Lipinski definition) is 3. The molecule has 4 nitrogen and oxygen atoms in total. The van der Waals surface area contributed by atoms with E-state index in [1.807, 2.05) is 6.07 Å². The summed E-state index contributed by atoms with van der Waals surface area (Å²) in [5, 5.41) is 2.13. The summed E-state index contributed by atoms with van der Waals surface area (Å²) >= 11 is 0. The maximum absolute atomic E-state index is 6.93. The summed E-state index contributed by atoms with van der Waals surface area (Å²) in [4.78, 5) is 10.7. The lowest BCUT2D eigenvalue weighted by Gasteiger charge is -2.24. The minimum atomic E-state index is 0.236. The van der Waals surface area contributed by atoms with Crippen LogP contribution in [0.3, 0.4) is 0 Å². The van der Waals surface area contributed by atoms with Crippen LogP contribution >= 0.6 is 0 Å². The molecule has 280 valence electrons. The molecule has 0 N–H and O–H groups in total. The van der Waals surface area contributed by atoms with Crippen LogP contribution in [0, 0.1) is 0 Å². The van der Waals surface area contributed by atoms with Crippen molar-refractivity contribution in [2.75, 3.05) is 0 Å². The Hall–Kier alpha value is -7.04. The highest BCUT2D eigenvalue weighted by atomic mass is 16.3. The van der Waals surface area contributed by atoms with Gasteiger partial charge in [-0.25, -0.2) is 9.97 Å². The predicted octanol–water partition coefficient (Wildman–Crippen LogP) is 14.9. The molecule has 0 aliphatic rings. The Bertz CT molecular complexity index is 3060. The van der Waals surface area contributed by atoms with E-state index in [2.05, 4.69) is 202 Å². The van der Waals surface area contributed by atoms with Crippen LogP contribution in [0.1, 0.15) is 50.7 Å². The molecule has 0 aliphatic carbocycles. The number of fused-ring (bicyclic) bond motifs is 4. The highest BCUT2D eigenvalue weighted by Crippen LogP contribution is 2.43. The summed E-state index contributed by atoms with van der Waals surface area (Å²) in [6.45, 7) is 9.15. The number of benzene rings is 7. The van der Waals surface area contributed by atoms with Gasteiger partial charge in [0, 0.05) is 16.3 Å². The minimum absolute atomic E-state index is 0.236. The Balaban J connectivity index is 1.19. The van der Waals surface area contributed by atoms with Gasteiger partial charge in [-0.1, -0.05) is 161 Å². The van der Waals surface area contributed by atoms with E-state index in [0.717, 1.165) is 66.9 Å². The van der Waals surface area contributed by atoms with E-state index in [4.69, 9.17) is 14.4 Å². The fourth-order valence-corrected chi connectivity index (χ4v) is 8.39. The van der Waals surface area contributed by atoms with Crippen LogP contribution in [-0.2, 0) is 0 Å². The first-order chi connectivity index (χ1) is 28.4. The van der Waals surface area contributed by atoms with Crippen LogP contribution in [0.2, 0.25) is 0 Å². The smallest absolute Gasteiger partial charge is 0.179 e. The third-order valence-corrected chi connectivity index (χ3v) is 11.4. The molecule has 3 heterocycles. The number of pyridine rings is 1. The molecule has 58 heavy (non-hydrogen) atoms. The molecular formula is C54H43N3O. The van der Waals surface area contributed by atoms with Crippen molar-refractivity contribution < 1.29 is 4.42 Å². The number of hydrogen-bond donors (Lipinski definition) is 0. The van der Waals surface area contributed by atoms with Gasteiger partial charge in [0.15, 0.2) is 11.5 Å². The Kier molecular flexibility index (Phi) is 8.83. The van der Waals surface area contributed by atoms with Crippen LogP contribution in [0.4, 0.5) is 0 Å². The van der Waals surface area contributed by atoms with Gasteiger partial charge < -0.3 is 4.42 Å². The van der Waals surface area contributed by atoms with Gasteiger partial charge in [0.2, 0.25) is 0 Å². The van der Waals surface area contributed by atoms with Crippen molar-refractivity contribution in [1.29, 1.82) is 0 Å². The lowest BCUT2D eigenvalue weighted by molar-refractivity contribution is 0.669. The summed E-state index contributed by atoms with van der Waals surface area (Å²) in [6.07, 6.45) is 0. The lowest BCUT2D eigenvalue weighted by atomic mass is 9.88. The molecule has 0 atom stereocenters. The van der Waals surface area contributed by atoms with Crippen LogP contribution < -0.4 is 0 Å². The zero-order valence-electron chi connectivity index (χ0n) is 33.1. The molecule has 0 saturated heterocycles. The van der Waals surface area contributed by atoms with Crippen molar-refractivity contribution in [1.82, 2.24) is 14.5 Å².